The van der Waals surface area contributed by atoms with Crippen LogP contribution >= 0.6 is 0 Å². The van der Waals surface area contributed by atoms with Crippen LogP contribution < -0.4 is 5.73 Å². The molecule has 0 bridgehead atoms. The van der Waals surface area contributed by atoms with Crippen molar-refractivity contribution in [2.24, 2.45) is 5.73 Å². The highest BCUT2D eigenvalue weighted by Crippen LogP contribution is 2.25. The first-order chi connectivity index (χ1) is 13.5. The molecule has 7 nitrogen and oxygen atoms in total. The number of ether oxygens (including phenoxy) is 2. The number of hydrogen-bond acceptors (Lipinski definition) is 5. The molecule has 0 saturated carbocycles. The number of rotatable bonds is 7. The highest BCUT2D eigenvalue weighted by molar-refractivity contribution is 5.90. The van der Waals surface area contributed by atoms with E-state index in [1.165, 1.54) is 24.1 Å². The maximum atomic E-state index is 13.6. The number of methoxy groups -OCH3 is 1. The fourth-order valence-electron chi connectivity index (χ4n) is 3.63. The number of benzene rings is 1. The summed E-state index contributed by atoms with van der Waals surface area (Å²) < 4.78 is 24.0. The highest BCUT2D eigenvalue weighted by Gasteiger charge is 2.44. The summed E-state index contributed by atoms with van der Waals surface area (Å²) in [5.41, 5.74) is 7.66. The number of aromatic nitrogens is 1. The number of hydrogen-bond donors (Lipinski definition) is 2. The fraction of sp³-hybridized carbons (Fsp3) is 0.400. The van der Waals surface area contributed by atoms with E-state index in [2.05, 4.69) is 11.6 Å². The number of amides is 1. The lowest BCUT2D eigenvalue weighted by atomic mass is 10.0. The first kappa shape index (κ1) is 20.0. The van der Waals surface area contributed by atoms with Gasteiger partial charge in [0.05, 0.1) is 25.9 Å². The number of H-pyrrole nitrogens is 1. The lowest BCUT2D eigenvalue weighted by molar-refractivity contribution is -0.155. The second-order valence-corrected chi connectivity index (χ2v) is 6.76. The predicted octanol–water partition coefficient (Wildman–Crippen LogP) is 1.52. The Kier molecular flexibility index (Phi) is 6.11. The van der Waals surface area contributed by atoms with E-state index in [0.29, 0.717) is 18.4 Å². The molecule has 3 rings (SSSR count). The summed E-state index contributed by atoms with van der Waals surface area (Å²) in [6, 6.07) is 2.68. The van der Waals surface area contributed by atoms with E-state index >= 15 is 0 Å². The van der Waals surface area contributed by atoms with Gasteiger partial charge in [0.1, 0.15) is 5.82 Å². The molecule has 28 heavy (non-hydrogen) atoms. The predicted molar refractivity (Wildman–Crippen MR) is 102 cm³/mol. The quantitative estimate of drug-likeness (QED) is 0.553. The lowest BCUT2D eigenvalue weighted by Crippen LogP contribution is -2.52. The van der Waals surface area contributed by atoms with Gasteiger partial charge in [-0.15, -0.1) is 6.58 Å². The van der Waals surface area contributed by atoms with Crippen molar-refractivity contribution >= 4 is 22.8 Å². The minimum atomic E-state index is -0.882. The number of nitrogens with one attached hydrogen (secondary N) is 1. The molecular weight excluding hydrogens is 365 g/mol. The van der Waals surface area contributed by atoms with E-state index in [1.807, 2.05) is 0 Å². The van der Waals surface area contributed by atoms with Crippen molar-refractivity contribution in [3.63, 3.8) is 0 Å². The van der Waals surface area contributed by atoms with Gasteiger partial charge in [-0.3, -0.25) is 4.79 Å². The molecule has 3 atom stereocenters. The normalized spacial score (nSPS) is 20.3. The highest BCUT2D eigenvalue weighted by atomic mass is 19.1. The first-order valence-electron chi connectivity index (χ1n) is 9.08. The molecule has 0 radical (unpaired) electrons. The molecule has 1 aliphatic rings. The summed E-state index contributed by atoms with van der Waals surface area (Å²) >= 11 is 0. The molecule has 1 unspecified atom stereocenters. The van der Waals surface area contributed by atoms with Crippen molar-refractivity contribution in [1.82, 2.24) is 9.88 Å². The molecule has 1 saturated heterocycles. The summed E-state index contributed by atoms with van der Waals surface area (Å²) in [7, 11) is 1.27. The number of carbonyl (C=O) groups excluding carboxylic acids is 2. The van der Waals surface area contributed by atoms with Gasteiger partial charge >= 0.3 is 5.97 Å². The molecule has 1 aromatic carbocycles. The van der Waals surface area contributed by atoms with Gasteiger partial charge in [-0.25, -0.2) is 9.18 Å². The number of nitrogens with zero attached hydrogens (tertiary/aromatic N) is 1. The third-order valence-electron chi connectivity index (χ3n) is 4.98. The second-order valence-electron chi connectivity index (χ2n) is 6.76. The third kappa shape index (κ3) is 3.93. The molecule has 0 aliphatic carbocycles. The van der Waals surface area contributed by atoms with Crippen molar-refractivity contribution in [3.8, 4) is 0 Å². The molecule has 1 fully saturated rings. The molecule has 0 spiro atoms. The number of halogens is 1. The van der Waals surface area contributed by atoms with Crippen LogP contribution in [0.2, 0.25) is 0 Å². The second kappa shape index (κ2) is 8.53. The lowest BCUT2D eigenvalue weighted by Gasteiger charge is -2.28. The Morgan fingerprint density at radius 3 is 3.00 bits per heavy atom. The van der Waals surface area contributed by atoms with E-state index in [0.717, 1.165) is 11.1 Å². The van der Waals surface area contributed by atoms with Crippen LogP contribution in [-0.4, -0.2) is 60.2 Å². The van der Waals surface area contributed by atoms with Gasteiger partial charge in [0.15, 0.2) is 6.04 Å². The van der Waals surface area contributed by atoms with Crippen LogP contribution in [0.5, 0.6) is 0 Å². The summed E-state index contributed by atoms with van der Waals surface area (Å²) in [5, 5.41) is 0.682. The standard InChI is InChI=1S/C20H24FN3O4/c1-3-8-28-17-6-7-24(18(17)20(26)27-2)19(25)15(22)9-12-11-23-16-5-4-13(21)10-14(12)16/h3-5,10-11,15,17-18,23H,1,6-9,22H2,2H3/t15-,17?,18-/m0/s1. The van der Waals surface area contributed by atoms with E-state index in [9.17, 15) is 14.0 Å². The van der Waals surface area contributed by atoms with Gasteiger partial charge < -0.3 is 25.1 Å². The van der Waals surface area contributed by atoms with Crippen LogP contribution in [0, 0.1) is 5.82 Å². The summed E-state index contributed by atoms with van der Waals surface area (Å²) in [4.78, 5) is 29.7. The number of carbonyl (C=O) groups is 2. The number of nitrogens with two attached hydrogens (primary N) is 1. The summed E-state index contributed by atoms with van der Waals surface area (Å²) in [6.45, 7) is 4.21. The van der Waals surface area contributed by atoms with Crippen molar-refractivity contribution in [2.45, 2.75) is 31.0 Å². The molecular formula is C20H24FN3O4. The molecule has 1 aliphatic heterocycles. The topological polar surface area (TPSA) is 97.6 Å². The number of esters is 1. The van der Waals surface area contributed by atoms with Gasteiger partial charge in [0.2, 0.25) is 5.91 Å². The van der Waals surface area contributed by atoms with Gasteiger partial charge in [-0.05, 0) is 36.6 Å². The monoisotopic (exact) mass is 389 g/mol. The van der Waals surface area contributed by atoms with Crippen LogP contribution in [-0.2, 0) is 25.5 Å². The average Bonchev–Trinajstić information content (AvgIpc) is 3.29. The zero-order chi connectivity index (χ0) is 20.3. The van der Waals surface area contributed by atoms with Crippen molar-refractivity contribution in [3.05, 3.63) is 48.4 Å². The zero-order valence-electron chi connectivity index (χ0n) is 15.7. The van der Waals surface area contributed by atoms with Crippen LogP contribution in [0.15, 0.2) is 37.1 Å². The van der Waals surface area contributed by atoms with Gasteiger partial charge in [-0.1, -0.05) is 6.08 Å². The first-order valence-corrected chi connectivity index (χ1v) is 9.08. The van der Waals surface area contributed by atoms with Gasteiger partial charge in [-0.2, -0.15) is 0 Å². The largest absolute Gasteiger partial charge is 0.467 e. The Morgan fingerprint density at radius 1 is 1.50 bits per heavy atom. The summed E-state index contributed by atoms with van der Waals surface area (Å²) in [5.74, 6) is -1.27. The van der Waals surface area contributed by atoms with Crippen LogP contribution in [0.3, 0.4) is 0 Å². The van der Waals surface area contributed by atoms with Crippen LogP contribution in [0.1, 0.15) is 12.0 Å². The molecule has 8 heteroatoms. The molecule has 150 valence electrons. The number of aromatic amines is 1. The SMILES string of the molecule is C=CCOC1CCN(C(=O)[C@@H](N)Cc2c[nH]c3ccc(F)cc23)[C@@H]1C(=O)OC. The Labute approximate surface area is 162 Å². The van der Waals surface area contributed by atoms with E-state index < -0.39 is 24.2 Å². The van der Waals surface area contributed by atoms with E-state index in [4.69, 9.17) is 15.2 Å². The number of likely N-dealkylation sites (tertiary alicyclic amines) is 1. The zero-order valence-corrected chi connectivity index (χ0v) is 15.7. The molecule has 3 N–H and O–H groups in total. The van der Waals surface area contributed by atoms with Crippen LogP contribution in [0.4, 0.5) is 4.39 Å². The maximum Gasteiger partial charge on any atom is 0.331 e. The van der Waals surface area contributed by atoms with Crippen molar-refractivity contribution in [1.29, 1.82) is 0 Å². The van der Waals surface area contributed by atoms with Crippen molar-refractivity contribution < 1.29 is 23.5 Å². The molecule has 2 aromatic rings. The third-order valence-corrected chi connectivity index (χ3v) is 4.98. The molecule has 2 heterocycles. The van der Waals surface area contributed by atoms with Crippen molar-refractivity contribution in [2.75, 3.05) is 20.3 Å². The minimum absolute atomic E-state index is 0.213. The van der Waals surface area contributed by atoms with Crippen LogP contribution in [0.25, 0.3) is 10.9 Å². The molecule has 1 aromatic heterocycles. The van der Waals surface area contributed by atoms with E-state index in [1.54, 1.807) is 18.3 Å². The fourth-order valence-corrected chi connectivity index (χ4v) is 3.63. The Hall–Kier alpha value is -2.71. The summed E-state index contributed by atoms with van der Waals surface area (Å²) in [6.07, 6.45) is 3.55. The Bertz CT molecular complexity index is 881. The Balaban J connectivity index is 1.76. The minimum Gasteiger partial charge on any atom is -0.467 e. The van der Waals surface area contributed by atoms with E-state index in [-0.39, 0.29) is 24.8 Å². The average molecular weight is 389 g/mol. The van der Waals surface area contributed by atoms with Gasteiger partial charge in [0, 0.05) is 23.6 Å². The smallest absolute Gasteiger partial charge is 0.331 e. The maximum absolute atomic E-state index is 13.6. The Morgan fingerprint density at radius 2 is 2.29 bits per heavy atom. The number of fused-ring (bicyclic) bond motifs is 1. The van der Waals surface area contributed by atoms with Gasteiger partial charge in [0.25, 0.3) is 0 Å². The molecule has 1 amide bonds.